The highest BCUT2D eigenvalue weighted by Gasteiger charge is 2.50. The molecule has 0 aliphatic carbocycles. The average molecular weight is 278 g/mol. The zero-order valence-corrected chi connectivity index (χ0v) is 11.2. The fraction of sp³-hybridized carbons (Fsp3) is 0.636. The van der Waals surface area contributed by atoms with Crippen LogP contribution in [0, 0.1) is 0 Å². The number of Topliss-reactive ketones (excluding diaryl/α,β-unsaturated/α-hetero) is 2. The second kappa shape index (κ2) is 8.33. The molecule has 0 fully saturated rings. The van der Waals surface area contributed by atoms with E-state index in [1.54, 1.807) is 0 Å². The third-order valence-corrected chi connectivity index (χ3v) is 1.99. The summed E-state index contributed by atoms with van der Waals surface area (Å²) in [7, 11) is 0. The summed E-state index contributed by atoms with van der Waals surface area (Å²) in [6.45, 7) is 3.24. The van der Waals surface area contributed by atoms with Gasteiger partial charge in [0.05, 0.1) is 6.61 Å². The van der Waals surface area contributed by atoms with E-state index in [0.29, 0.717) is 0 Å². The van der Waals surface area contributed by atoms with Gasteiger partial charge < -0.3 is 20.1 Å². The largest absolute Gasteiger partial charge is 0.481 e. The number of carboxylic acids is 1. The average Bonchev–Trinajstić information content (AvgIpc) is 2.22. The number of hydrogen-bond acceptors (Lipinski definition) is 7. The monoisotopic (exact) mass is 278 g/mol. The standard InChI is InChI=1S/C9H14O6.C2H4O2/c1-5(11)9(6(2)12,8(14)4-10)15-7(3)13;1-2(3)4/h8,10,14H,4H2,1-3H3;1H3,(H,3,4). The van der Waals surface area contributed by atoms with Crippen LogP contribution in [0.25, 0.3) is 0 Å². The lowest BCUT2D eigenvalue weighted by Crippen LogP contribution is -2.58. The summed E-state index contributed by atoms with van der Waals surface area (Å²) in [6, 6.07) is 0. The van der Waals surface area contributed by atoms with Crippen LogP contribution in [0.15, 0.2) is 0 Å². The maximum atomic E-state index is 11.3. The van der Waals surface area contributed by atoms with E-state index in [2.05, 4.69) is 4.74 Å². The number of aliphatic hydroxyl groups is 2. The second-order valence-corrected chi connectivity index (χ2v) is 3.66. The van der Waals surface area contributed by atoms with Crippen molar-refractivity contribution < 1.29 is 39.2 Å². The minimum atomic E-state index is -2.29. The van der Waals surface area contributed by atoms with Gasteiger partial charge in [0, 0.05) is 13.8 Å². The fourth-order valence-electron chi connectivity index (χ4n) is 1.28. The van der Waals surface area contributed by atoms with Crippen molar-refractivity contribution in [2.75, 3.05) is 6.61 Å². The van der Waals surface area contributed by atoms with Crippen LogP contribution in [-0.4, -0.2) is 57.1 Å². The Hall–Kier alpha value is -1.80. The molecule has 0 rings (SSSR count). The van der Waals surface area contributed by atoms with Gasteiger partial charge in [-0.2, -0.15) is 0 Å². The number of carbonyl (C=O) groups excluding carboxylic acids is 3. The molecule has 0 amide bonds. The molecule has 0 aliphatic heterocycles. The molecule has 0 spiro atoms. The Balaban J connectivity index is 0. The van der Waals surface area contributed by atoms with Crippen molar-refractivity contribution in [2.24, 2.45) is 0 Å². The van der Waals surface area contributed by atoms with Crippen LogP contribution in [-0.2, 0) is 23.9 Å². The van der Waals surface area contributed by atoms with Gasteiger partial charge in [0.1, 0.15) is 6.10 Å². The predicted molar refractivity (Wildman–Crippen MR) is 62.3 cm³/mol. The van der Waals surface area contributed by atoms with Crippen molar-refractivity contribution in [2.45, 2.75) is 39.4 Å². The summed E-state index contributed by atoms with van der Waals surface area (Å²) in [5.41, 5.74) is -2.29. The number of aliphatic hydroxyl groups excluding tert-OH is 2. The number of ketones is 2. The molecule has 1 atom stereocenters. The van der Waals surface area contributed by atoms with E-state index >= 15 is 0 Å². The molecular formula is C11H18O8. The van der Waals surface area contributed by atoms with E-state index in [9.17, 15) is 19.5 Å². The molecule has 0 saturated carbocycles. The molecule has 0 aromatic heterocycles. The maximum absolute atomic E-state index is 11.3. The van der Waals surface area contributed by atoms with Crippen molar-refractivity contribution in [1.29, 1.82) is 0 Å². The lowest BCUT2D eigenvalue weighted by Gasteiger charge is -2.31. The van der Waals surface area contributed by atoms with Crippen molar-refractivity contribution in [3.63, 3.8) is 0 Å². The number of esters is 1. The topological polar surface area (TPSA) is 138 Å². The second-order valence-electron chi connectivity index (χ2n) is 3.66. The van der Waals surface area contributed by atoms with Gasteiger partial charge in [-0.05, 0) is 13.8 Å². The number of carbonyl (C=O) groups is 4. The van der Waals surface area contributed by atoms with Gasteiger partial charge in [0.15, 0.2) is 11.6 Å². The Morgan fingerprint density at radius 3 is 1.53 bits per heavy atom. The van der Waals surface area contributed by atoms with E-state index in [1.807, 2.05) is 0 Å². The third-order valence-electron chi connectivity index (χ3n) is 1.99. The highest BCUT2D eigenvalue weighted by Crippen LogP contribution is 2.20. The molecule has 3 N–H and O–H groups in total. The summed E-state index contributed by atoms with van der Waals surface area (Å²) < 4.78 is 4.57. The summed E-state index contributed by atoms with van der Waals surface area (Å²) in [6.07, 6.45) is -1.75. The summed E-state index contributed by atoms with van der Waals surface area (Å²) >= 11 is 0. The quantitative estimate of drug-likeness (QED) is 0.426. The molecule has 8 nitrogen and oxygen atoms in total. The molecule has 0 saturated heterocycles. The Morgan fingerprint density at radius 1 is 1.05 bits per heavy atom. The number of hydrogen-bond donors (Lipinski definition) is 3. The normalized spacial score (nSPS) is 11.7. The van der Waals surface area contributed by atoms with Crippen LogP contribution in [0.1, 0.15) is 27.7 Å². The molecule has 0 radical (unpaired) electrons. The maximum Gasteiger partial charge on any atom is 0.304 e. The highest BCUT2D eigenvalue weighted by molar-refractivity contribution is 6.10. The lowest BCUT2D eigenvalue weighted by atomic mass is 9.88. The summed E-state index contributed by atoms with van der Waals surface area (Å²) in [5.74, 6) is -3.37. The van der Waals surface area contributed by atoms with Gasteiger partial charge >= 0.3 is 5.97 Å². The Bertz CT molecular complexity index is 342. The number of aliphatic carboxylic acids is 1. The van der Waals surface area contributed by atoms with Crippen LogP contribution in [0.2, 0.25) is 0 Å². The van der Waals surface area contributed by atoms with Gasteiger partial charge in [0.2, 0.25) is 0 Å². The van der Waals surface area contributed by atoms with E-state index in [-0.39, 0.29) is 0 Å². The van der Waals surface area contributed by atoms with Gasteiger partial charge in [-0.25, -0.2) is 0 Å². The number of carboxylic acid groups (broad SMARTS) is 1. The minimum absolute atomic E-state index is 0.827. The summed E-state index contributed by atoms with van der Waals surface area (Å²) in [5, 5.41) is 25.5. The Kier molecular flexibility index (Phi) is 8.56. The molecular weight excluding hydrogens is 260 g/mol. The molecule has 1 unspecified atom stereocenters. The van der Waals surface area contributed by atoms with Gasteiger partial charge in [0.25, 0.3) is 11.6 Å². The highest BCUT2D eigenvalue weighted by atomic mass is 16.6. The zero-order chi connectivity index (χ0) is 15.8. The third kappa shape index (κ3) is 6.07. The molecule has 0 aromatic carbocycles. The Labute approximate surface area is 110 Å². The fourth-order valence-corrected chi connectivity index (χ4v) is 1.28. The molecule has 110 valence electrons. The first-order valence-corrected chi connectivity index (χ1v) is 5.22. The van der Waals surface area contributed by atoms with Crippen LogP contribution in [0.5, 0.6) is 0 Å². The smallest absolute Gasteiger partial charge is 0.304 e. The van der Waals surface area contributed by atoms with Crippen LogP contribution in [0.4, 0.5) is 0 Å². The van der Waals surface area contributed by atoms with E-state index in [1.165, 1.54) is 0 Å². The van der Waals surface area contributed by atoms with Crippen LogP contribution in [0.3, 0.4) is 0 Å². The number of rotatable bonds is 5. The van der Waals surface area contributed by atoms with Gasteiger partial charge in [-0.3, -0.25) is 19.2 Å². The van der Waals surface area contributed by atoms with Crippen molar-refractivity contribution in [3.8, 4) is 0 Å². The van der Waals surface area contributed by atoms with Crippen LogP contribution >= 0.6 is 0 Å². The molecule has 0 heterocycles. The SMILES string of the molecule is CC(=O)O.CC(=O)OC(C(C)=O)(C(C)=O)C(O)CO. The first-order valence-electron chi connectivity index (χ1n) is 5.22. The number of ether oxygens (including phenoxy) is 1. The molecule has 0 aromatic rings. The lowest BCUT2D eigenvalue weighted by molar-refractivity contribution is -0.184. The van der Waals surface area contributed by atoms with E-state index in [0.717, 1.165) is 27.7 Å². The molecule has 0 bridgehead atoms. The molecule has 19 heavy (non-hydrogen) atoms. The summed E-state index contributed by atoms with van der Waals surface area (Å²) in [4.78, 5) is 42.3. The van der Waals surface area contributed by atoms with Gasteiger partial charge in [-0.15, -0.1) is 0 Å². The molecule has 8 heteroatoms. The Morgan fingerprint density at radius 2 is 1.37 bits per heavy atom. The minimum Gasteiger partial charge on any atom is -0.481 e. The molecule has 0 aliphatic rings. The zero-order valence-electron chi connectivity index (χ0n) is 11.2. The van der Waals surface area contributed by atoms with Crippen LogP contribution < -0.4 is 0 Å². The predicted octanol–water partition coefficient (Wildman–Crippen LogP) is -1.09. The van der Waals surface area contributed by atoms with Crippen molar-refractivity contribution in [3.05, 3.63) is 0 Å². The van der Waals surface area contributed by atoms with Crippen molar-refractivity contribution >= 4 is 23.5 Å². The first-order chi connectivity index (χ1) is 8.52. The van der Waals surface area contributed by atoms with E-state index in [4.69, 9.17) is 15.0 Å². The first kappa shape index (κ1) is 19.5. The van der Waals surface area contributed by atoms with Crippen molar-refractivity contribution in [1.82, 2.24) is 0 Å². The van der Waals surface area contributed by atoms with E-state index < -0.39 is 41.8 Å². The van der Waals surface area contributed by atoms with Gasteiger partial charge in [-0.1, -0.05) is 0 Å².